The van der Waals surface area contributed by atoms with Crippen LogP contribution in [0.1, 0.15) is 36.9 Å². The number of hydrogen-bond acceptors (Lipinski definition) is 4. The van der Waals surface area contributed by atoms with Crippen LogP contribution in [0.25, 0.3) is 0 Å². The first kappa shape index (κ1) is 15.5. The molecule has 0 aromatic heterocycles. The van der Waals surface area contributed by atoms with Crippen molar-refractivity contribution < 1.29 is 9.47 Å². The maximum atomic E-state index is 9.04. The summed E-state index contributed by atoms with van der Waals surface area (Å²) in [4.78, 5) is 2.42. The van der Waals surface area contributed by atoms with Crippen molar-refractivity contribution >= 4 is 0 Å². The Morgan fingerprint density at radius 1 is 1.41 bits per heavy atom. The summed E-state index contributed by atoms with van der Waals surface area (Å²) in [6.07, 6.45) is 2.81. The highest BCUT2D eigenvalue weighted by Gasteiger charge is 2.26. The number of morpholine rings is 1. The van der Waals surface area contributed by atoms with Gasteiger partial charge in [-0.05, 0) is 43.4 Å². The second kappa shape index (κ2) is 7.23. The van der Waals surface area contributed by atoms with Gasteiger partial charge in [0.05, 0.1) is 31.0 Å². The van der Waals surface area contributed by atoms with Gasteiger partial charge in [-0.1, -0.05) is 12.1 Å². The molecule has 2 aliphatic rings. The van der Waals surface area contributed by atoms with Crippen LogP contribution in [0, 0.1) is 17.2 Å². The van der Waals surface area contributed by atoms with Crippen molar-refractivity contribution in [1.82, 2.24) is 4.90 Å². The number of benzene rings is 1. The van der Waals surface area contributed by atoms with Crippen LogP contribution in [0.5, 0.6) is 0 Å². The van der Waals surface area contributed by atoms with Crippen LogP contribution in [0.15, 0.2) is 24.3 Å². The fourth-order valence-corrected chi connectivity index (χ4v) is 2.92. The highest BCUT2D eigenvalue weighted by molar-refractivity contribution is 5.34. The summed E-state index contributed by atoms with van der Waals surface area (Å²) in [6.45, 7) is 6.35. The van der Waals surface area contributed by atoms with Crippen LogP contribution < -0.4 is 0 Å². The monoisotopic (exact) mass is 300 g/mol. The Morgan fingerprint density at radius 3 is 3.05 bits per heavy atom. The lowest BCUT2D eigenvalue weighted by Crippen LogP contribution is -2.45. The lowest BCUT2D eigenvalue weighted by atomic mass is 10.0. The first-order valence-corrected chi connectivity index (χ1v) is 8.19. The minimum absolute atomic E-state index is 0.161. The van der Waals surface area contributed by atoms with Crippen molar-refractivity contribution in [3.8, 4) is 6.07 Å². The summed E-state index contributed by atoms with van der Waals surface area (Å²) in [7, 11) is 0. The van der Waals surface area contributed by atoms with Gasteiger partial charge in [0.25, 0.3) is 0 Å². The smallest absolute Gasteiger partial charge is 0.0991 e. The molecule has 0 bridgehead atoms. The predicted molar refractivity (Wildman–Crippen MR) is 84.4 cm³/mol. The molecule has 2 unspecified atom stereocenters. The van der Waals surface area contributed by atoms with Crippen molar-refractivity contribution in [3.05, 3.63) is 35.4 Å². The van der Waals surface area contributed by atoms with E-state index in [1.54, 1.807) is 0 Å². The predicted octanol–water partition coefficient (Wildman–Crippen LogP) is 2.75. The van der Waals surface area contributed by atoms with E-state index < -0.39 is 0 Å². The molecule has 1 aromatic rings. The quantitative estimate of drug-likeness (QED) is 0.810. The SMILES string of the molecule is CC(c1cccc(C#N)c1)N1CCOC(COCC2CC2)C1. The molecular weight excluding hydrogens is 276 g/mol. The fraction of sp³-hybridized carbons (Fsp3) is 0.611. The molecule has 1 heterocycles. The molecule has 3 rings (SSSR count). The molecule has 1 aliphatic heterocycles. The zero-order valence-electron chi connectivity index (χ0n) is 13.2. The van der Waals surface area contributed by atoms with Crippen LogP contribution in [-0.2, 0) is 9.47 Å². The molecule has 4 heteroatoms. The van der Waals surface area contributed by atoms with E-state index in [1.165, 1.54) is 18.4 Å². The van der Waals surface area contributed by atoms with E-state index in [2.05, 4.69) is 24.0 Å². The summed E-state index contributed by atoms with van der Waals surface area (Å²) >= 11 is 0. The van der Waals surface area contributed by atoms with Gasteiger partial charge >= 0.3 is 0 Å². The van der Waals surface area contributed by atoms with Crippen LogP contribution in [-0.4, -0.2) is 43.9 Å². The van der Waals surface area contributed by atoms with Crippen LogP contribution in [0.3, 0.4) is 0 Å². The normalized spacial score (nSPS) is 23.9. The van der Waals surface area contributed by atoms with E-state index in [0.29, 0.717) is 12.6 Å². The summed E-state index contributed by atoms with van der Waals surface area (Å²) < 4.78 is 11.6. The van der Waals surface area contributed by atoms with Crippen molar-refractivity contribution in [2.75, 3.05) is 32.9 Å². The van der Waals surface area contributed by atoms with E-state index in [1.807, 2.05) is 18.2 Å². The summed E-state index contributed by atoms with van der Waals surface area (Å²) in [6, 6.07) is 10.4. The third kappa shape index (κ3) is 4.07. The molecule has 0 amide bonds. The standard InChI is InChI=1S/C18H24N2O2/c1-14(17-4-2-3-16(9-17)10-19)20-7-8-22-18(11-20)13-21-12-15-5-6-15/h2-4,9,14-15,18H,5-8,11-13H2,1H3. The molecule has 22 heavy (non-hydrogen) atoms. The molecule has 2 atom stereocenters. The highest BCUT2D eigenvalue weighted by atomic mass is 16.5. The largest absolute Gasteiger partial charge is 0.378 e. The van der Waals surface area contributed by atoms with Gasteiger partial charge in [-0.3, -0.25) is 4.90 Å². The Balaban J connectivity index is 1.54. The van der Waals surface area contributed by atoms with E-state index >= 15 is 0 Å². The molecule has 0 spiro atoms. The molecule has 0 N–H and O–H groups in total. The summed E-state index contributed by atoms with van der Waals surface area (Å²) in [5.74, 6) is 0.798. The summed E-state index contributed by atoms with van der Waals surface area (Å²) in [5.41, 5.74) is 1.92. The van der Waals surface area contributed by atoms with E-state index in [4.69, 9.17) is 14.7 Å². The van der Waals surface area contributed by atoms with Crippen LogP contribution in [0.2, 0.25) is 0 Å². The minimum Gasteiger partial charge on any atom is -0.378 e. The van der Waals surface area contributed by atoms with Gasteiger partial charge in [0.1, 0.15) is 0 Å². The third-order valence-electron chi connectivity index (χ3n) is 4.57. The summed E-state index contributed by atoms with van der Waals surface area (Å²) in [5, 5.41) is 9.04. The molecule has 2 fully saturated rings. The van der Waals surface area contributed by atoms with Crippen LogP contribution in [0.4, 0.5) is 0 Å². The Morgan fingerprint density at radius 2 is 2.27 bits per heavy atom. The van der Waals surface area contributed by atoms with Gasteiger partial charge in [-0.15, -0.1) is 0 Å². The molecule has 118 valence electrons. The number of nitrogens with zero attached hydrogens (tertiary/aromatic N) is 2. The van der Waals surface area contributed by atoms with Gasteiger partial charge in [0.2, 0.25) is 0 Å². The van der Waals surface area contributed by atoms with Crippen LogP contribution >= 0.6 is 0 Å². The second-order valence-electron chi connectivity index (χ2n) is 6.38. The lowest BCUT2D eigenvalue weighted by Gasteiger charge is -2.37. The highest BCUT2D eigenvalue weighted by Crippen LogP contribution is 2.29. The average molecular weight is 300 g/mol. The van der Waals surface area contributed by atoms with Gasteiger partial charge < -0.3 is 9.47 Å². The van der Waals surface area contributed by atoms with E-state index in [-0.39, 0.29) is 6.10 Å². The van der Waals surface area contributed by atoms with E-state index in [0.717, 1.165) is 37.8 Å². The Bertz CT molecular complexity index is 536. The average Bonchev–Trinajstić information content (AvgIpc) is 3.39. The zero-order valence-corrected chi connectivity index (χ0v) is 13.2. The van der Waals surface area contributed by atoms with Gasteiger partial charge in [-0.25, -0.2) is 0 Å². The maximum Gasteiger partial charge on any atom is 0.0991 e. The Hall–Kier alpha value is -1.41. The lowest BCUT2D eigenvalue weighted by molar-refractivity contribution is -0.0790. The first-order valence-electron chi connectivity index (χ1n) is 8.19. The van der Waals surface area contributed by atoms with Crippen molar-refractivity contribution in [2.24, 2.45) is 5.92 Å². The van der Waals surface area contributed by atoms with Gasteiger partial charge in [0.15, 0.2) is 0 Å². The van der Waals surface area contributed by atoms with Gasteiger partial charge in [-0.2, -0.15) is 5.26 Å². The number of hydrogen-bond donors (Lipinski definition) is 0. The maximum absolute atomic E-state index is 9.04. The molecule has 4 nitrogen and oxygen atoms in total. The number of nitriles is 1. The Kier molecular flexibility index (Phi) is 5.09. The van der Waals surface area contributed by atoms with Crippen molar-refractivity contribution in [3.63, 3.8) is 0 Å². The fourth-order valence-electron chi connectivity index (χ4n) is 2.92. The van der Waals surface area contributed by atoms with Crippen molar-refractivity contribution in [1.29, 1.82) is 5.26 Å². The molecule has 0 radical (unpaired) electrons. The van der Waals surface area contributed by atoms with Crippen molar-refractivity contribution in [2.45, 2.75) is 31.9 Å². The molecular formula is C18H24N2O2. The van der Waals surface area contributed by atoms with E-state index in [9.17, 15) is 0 Å². The Labute approximate surface area is 132 Å². The molecule has 1 aliphatic carbocycles. The third-order valence-corrected chi connectivity index (χ3v) is 4.57. The minimum atomic E-state index is 0.161. The van der Waals surface area contributed by atoms with Gasteiger partial charge in [0, 0.05) is 25.7 Å². The number of rotatable bonds is 6. The molecule has 1 saturated heterocycles. The first-order chi connectivity index (χ1) is 10.8. The second-order valence-corrected chi connectivity index (χ2v) is 6.38. The number of ether oxygens (including phenoxy) is 2. The zero-order chi connectivity index (χ0) is 15.4. The molecule has 1 aromatic carbocycles. The molecule has 1 saturated carbocycles. The topological polar surface area (TPSA) is 45.5 Å².